The van der Waals surface area contributed by atoms with Crippen molar-refractivity contribution in [3.8, 4) is 0 Å². The summed E-state index contributed by atoms with van der Waals surface area (Å²) < 4.78 is 0. The first-order chi connectivity index (χ1) is 5.99. The smallest absolute Gasteiger partial charge is 0.132 e. The van der Waals surface area contributed by atoms with E-state index in [0.717, 1.165) is 23.9 Å². The normalized spacial score (nSPS) is 22.8. The molecule has 0 amide bonds. The highest BCUT2D eigenvalue weighted by molar-refractivity contribution is 6.83. The summed E-state index contributed by atoms with van der Waals surface area (Å²) >= 11 is 0. The van der Waals surface area contributed by atoms with Gasteiger partial charge >= 0.3 is 0 Å². The number of hydrogen-bond acceptors (Lipinski definition) is 1. The average Bonchev–Trinajstić information content (AvgIpc) is 2.04. The molecule has 0 unspecified atom stereocenters. The fourth-order valence-corrected chi connectivity index (χ4v) is 8.20. The van der Waals surface area contributed by atoms with Crippen LogP contribution in [0.5, 0.6) is 0 Å². The largest absolute Gasteiger partial charge is 0.300 e. The van der Waals surface area contributed by atoms with E-state index in [9.17, 15) is 4.79 Å². The van der Waals surface area contributed by atoms with Crippen LogP contribution in [0.15, 0.2) is 0 Å². The van der Waals surface area contributed by atoms with Crippen LogP contribution in [0.1, 0.15) is 40.5 Å². The number of ketones is 1. The molecule has 1 saturated heterocycles. The van der Waals surface area contributed by atoms with Gasteiger partial charge in [-0.3, -0.25) is 4.79 Å². The summed E-state index contributed by atoms with van der Waals surface area (Å²) in [5.41, 5.74) is 1.70. The second-order valence-electron chi connectivity index (χ2n) is 5.08. The Bertz CT molecular complexity index is 176. The quantitative estimate of drug-likeness (QED) is 0.619. The third-order valence-corrected chi connectivity index (χ3v) is 11.0. The Morgan fingerprint density at radius 3 is 1.69 bits per heavy atom. The van der Waals surface area contributed by atoms with Crippen LogP contribution in [0.2, 0.25) is 23.2 Å². The zero-order valence-corrected chi connectivity index (χ0v) is 10.4. The second kappa shape index (κ2) is 3.95. The van der Waals surface area contributed by atoms with E-state index in [4.69, 9.17) is 0 Å². The van der Waals surface area contributed by atoms with Crippen LogP contribution in [-0.2, 0) is 4.79 Å². The van der Waals surface area contributed by atoms with E-state index in [0.29, 0.717) is 5.78 Å². The molecule has 13 heavy (non-hydrogen) atoms. The van der Waals surface area contributed by atoms with Gasteiger partial charge < -0.3 is 0 Å². The van der Waals surface area contributed by atoms with E-state index in [1.807, 2.05) is 0 Å². The SMILES string of the molecule is CC(C)[Si]1(C(C)C)CCC(=O)CC1. The van der Waals surface area contributed by atoms with Crippen LogP contribution >= 0.6 is 0 Å². The molecule has 1 aliphatic heterocycles. The average molecular weight is 198 g/mol. The van der Waals surface area contributed by atoms with Crippen LogP contribution in [0, 0.1) is 0 Å². The fraction of sp³-hybridized carbons (Fsp3) is 0.909. The topological polar surface area (TPSA) is 17.1 Å². The van der Waals surface area contributed by atoms with Crippen LogP contribution in [-0.4, -0.2) is 13.9 Å². The van der Waals surface area contributed by atoms with Gasteiger partial charge in [0.1, 0.15) is 5.78 Å². The van der Waals surface area contributed by atoms with Gasteiger partial charge in [0.05, 0.1) is 8.07 Å². The molecule has 1 nitrogen and oxygen atoms in total. The number of Topliss-reactive ketones (excluding diaryl/α,β-unsaturated/α-hetero) is 1. The minimum atomic E-state index is -1.10. The van der Waals surface area contributed by atoms with E-state index < -0.39 is 8.07 Å². The van der Waals surface area contributed by atoms with Crippen LogP contribution in [0.3, 0.4) is 0 Å². The summed E-state index contributed by atoms with van der Waals surface area (Å²) in [5, 5.41) is 0. The maximum absolute atomic E-state index is 11.2. The molecular weight excluding hydrogens is 176 g/mol. The first-order valence-electron chi connectivity index (χ1n) is 5.51. The van der Waals surface area contributed by atoms with Gasteiger partial charge in [0.25, 0.3) is 0 Å². The summed E-state index contributed by atoms with van der Waals surface area (Å²) in [6.45, 7) is 9.45. The molecule has 76 valence electrons. The molecule has 0 aromatic heterocycles. The molecule has 1 rings (SSSR count). The van der Waals surface area contributed by atoms with E-state index in [1.165, 1.54) is 12.1 Å². The Hall–Kier alpha value is -0.113. The maximum atomic E-state index is 11.2. The third kappa shape index (κ3) is 2.04. The number of hydrogen-bond donors (Lipinski definition) is 0. The Kier molecular flexibility index (Phi) is 3.33. The molecule has 0 saturated carbocycles. The summed E-state index contributed by atoms with van der Waals surface area (Å²) in [4.78, 5) is 11.2. The van der Waals surface area contributed by atoms with Gasteiger partial charge in [0.2, 0.25) is 0 Å². The number of carbonyl (C=O) groups excluding carboxylic acids is 1. The van der Waals surface area contributed by atoms with Gasteiger partial charge in [-0.15, -0.1) is 0 Å². The molecule has 0 aromatic carbocycles. The minimum Gasteiger partial charge on any atom is -0.300 e. The molecule has 1 aliphatic rings. The van der Waals surface area contributed by atoms with Crippen molar-refractivity contribution < 1.29 is 4.79 Å². The highest BCUT2D eigenvalue weighted by Gasteiger charge is 2.41. The summed E-state index contributed by atoms with van der Waals surface area (Å²) in [6, 6.07) is 2.50. The number of carbonyl (C=O) groups is 1. The van der Waals surface area contributed by atoms with Gasteiger partial charge in [-0.1, -0.05) is 38.8 Å². The van der Waals surface area contributed by atoms with Crippen molar-refractivity contribution in [1.82, 2.24) is 0 Å². The zero-order chi connectivity index (χ0) is 10.1. The lowest BCUT2D eigenvalue weighted by Gasteiger charge is -2.42. The molecule has 0 radical (unpaired) electrons. The van der Waals surface area contributed by atoms with Gasteiger partial charge in [0, 0.05) is 12.8 Å². The molecule has 0 spiro atoms. The lowest BCUT2D eigenvalue weighted by atomic mass is 10.2. The van der Waals surface area contributed by atoms with Crippen molar-refractivity contribution in [3.63, 3.8) is 0 Å². The zero-order valence-electron chi connectivity index (χ0n) is 9.39. The fourth-order valence-electron chi connectivity index (χ4n) is 2.82. The van der Waals surface area contributed by atoms with Crippen molar-refractivity contribution in [2.75, 3.05) is 0 Å². The van der Waals surface area contributed by atoms with Crippen molar-refractivity contribution >= 4 is 13.9 Å². The maximum Gasteiger partial charge on any atom is 0.132 e. The summed E-state index contributed by atoms with van der Waals surface area (Å²) in [7, 11) is -1.10. The van der Waals surface area contributed by atoms with E-state index >= 15 is 0 Å². The Morgan fingerprint density at radius 2 is 1.38 bits per heavy atom. The molecule has 0 N–H and O–H groups in total. The highest BCUT2D eigenvalue weighted by atomic mass is 28.3. The van der Waals surface area contributed by atoms with Gasteiger partial charge in [-0.2, -0.15) is 0 Å². The Balaban J connectivity index is 2.75. The first kappa shape index (κ1) is 11.0. The standard InChI is InChI=1S/C11H22OSi/c1-9(2)13(10(3)4)7-5-11(12)6-8-13/h9-10H,5-8H2,1-4H3. The molecule has 0 aromatic rings. The molecular formula is C11H22OSi. The van der Waals surface area contributed by atoms with Crippen molar-refractivity contribution in [3.05, 3.63) is 0 Å². The van der Waals surface area contributed by atoms with Crippen molar-refractivity contribution in [2.45, 2.75) is 63.7 Å². The van der Waals surface area contributed by atoms with Crippen LogP contribution in [0.4, 0.5) is 0 Å². The molecule has 0 bridgehead atoms. The third-order valence-electron chi connectivity index (χ3n) is 4.04. The van der Waals surface area contributed by atoms with E-state index in [1.54, 1.807) is 0 Å². The van der Waals surface area contributed by atoms with Crippen molar-refractivity contribution in [2.24, 2.45) is 0 Å². The predicted octanol–water partition coefficient (Wildman–Crippen LogP) is 3.62. The van der Waals surface area contributed by atoms with E-state index in [2.05, 4.69) is 27.7 Å². The summed E-state index contributed by atoms with van der Waals surface area (Å²) in [5.74, 6) is 0.504. The van der Waals surface area contributed by atoms with Gasteiger partial charge in [-0.05, 0) is 12.1 Å². The summed E-state index contributed by atoms with van der Waals surface area (Å²) in [6.07, 6.45) is 1.76. The van der Waals surface area contributed by atoms with Gasteiger partial charge in [0.15, 0.2) is 0 Å². The molecule has 1 heterocycles. The molecule has 0 atom stereocenters. The molecule has 1 fully saturated rings. The highest BCUT2D eigenvalue weighted by Crippen LogP contribution is 2.43. The van der Waals surface area contributed by atoms with Crippen molar-refractivity contribution in [1.29, 1.82) is 0 Å². The van der Waals surface area contributed by atoms with E-state index in [-0.39, 0.29) is 0 Å². The molecule has 2 heteroatoms. The Morgan fingerprint density at radius 1 is 1.00 bits per heavy atom. The second-order valence-corrected chi connectivity index (χ2v) is 10.9. The van der Waals surface area contributed by atoms with Gasteiger partial charge in [-0.25, -0.2) is 0 Å². The predicted molar refractivity (Wildman–Crippen MR) is 59.8 cm³/mol. The lowest BCUT2D eigenvalue weighted by Crippen LogP contribution is -2.44. The lowest BCUT2D eigenvalue weighted by molar-refractivity contribution is -0.118. The Labute approximate surface area is 82.9 Å². The minimum absolute atomic E-state index is 0.504. The van der Waals surface area contributed by atoms with Crippen LogP contribution in [0.25, 0.3) is 0 Å². The first-order valence-corrected chi connectivity index (χ1v) is 8.07. The number of rotatable bonds is 2. The van der Waals surface area contributed by atoms with Crippen LogP contribution < -0.4 is 0 Å². The molecule has 0 aliphatic carbocycles. The monoisotopic (exact) mass is 198 g/mol.